The second-order valence-electron chi connectivity index (χ2n) is 4.88. The molecule has 0 aliphatic rings. The van der Waals surface area contributed by atoms with Gasteiger partial charge in [0.15, 0.2) is 0 Å². The number of carboxylic acids is 1. The summed E-state index contributed by atoms with van der Waals surface area (Å²) in [5, 5.41) is 26.1. The lowest BCUT2D eigenvalue weighted by Crippen LogP contribution is -2.06. The topological polar surface area (TPSA) is 88.2 Å². The van der Waals surface area contributed by atoms with Crippen molar-refractivity contribution in [3.05, 3.63) is 41.2 Å². The third kappa shape index (κ3) is 2.85. The van der Waals surface area contributed by atoms with Crippen LogP contribution in [0.5, 0.6) is 0 Å². The fourth-order valence-electron chi connectivity index (χ4n) is 2.13. The minimum Gasteiger partial charge on any atom is -0.481 e. The maximum Gasteiger partial charge on any atom is 0.307 e. The third-order valence-corrected chi connectivity index (χ3v) is 3.01. The number of benzene rings is 1. The number of aliphatic hydroxyl groups is 1. The fraction of sp³-hybridized carbons (Fsp3) is 0.357. The van der Waals surface area contributed by atoms with Gasteiger partial charge < -0.3 is 10.2 Å². The summed E-state index contributed by atoms with van der Waals surface area (Å²) in [7, 11) is 0. The van der Waals surface area contributed by atoms with Crippen molar-refractivity contribution >= 4 is 5.97 Å². The van der Waals surface area contributed by atoms with Crippen molar-refractivity contribution in [2.75, 3.05) is 0 Å². The van der Waals surface area contributed by atoms with Gasteiger partial charge in [-0.25, -0.2) is 4.68 Å². The van der Waals surface area contributed by atoms with Gasteiger partial charge in [-0.2, -0.15) is 0 Å². The van der Waals surface area contributed by atoms with E-state index in [0.29, 0.717) is 5.69 Å². The molecule has 2 aromatic rings. The lowest BCUT2D eigenvalue weighted by Gasteiger charge is -2.10. The van der Waals surface area contributed by atoms with Gasteiger partial charge in [0.25, 0.3) is 0 Å². The Morgan fingerprint density at radius 3 is 2.45 bits per heavy atom. The van der Waals surface area contributed by atoms with Gasteiger partial charge in [0, 0.05) is 0 Å². The Bertz CT molecular complexity index is 603. The highest BCUT2D eigenvalue weighted by atomic mass is 16.4. The Morgan fingerprint density at radius 1 is 1.30 bits per heavy atom. The number of nitrogens with zero attached hydrogens (tertiary/aromatic N) is 3. The predicted octanol–water partition coefficient (Wildman–Crippen LogP) is 1.51. The van der Waals surface area contributed by atoms with Gasteiger partial charge in [-0.15, -0.1) is 5.10 Å². The van der Waals surface area contributed by atoms with Crippen LogP contribution in [0.3, 0.4) is 0 Å². The predicted molar refractivity (Wildman–Crippen MR) is 72.7 cm³/mol. The van der Waals surface area contributed by atoms with Crippen LogP contribution in [0.1, 0.15) is 36.7 Å². The quantitative estimate of drug-likeness (QED) is 0.863. The van der Waals surface area contributed by atoms with Crippen molar-refractivity contribution in [2.45, 2.75) is 32.8 Å². The largest absolute Gasteiger partial charge is 0.481 e. The van der Waals surface area contributed by atoms with Gasteiger partial charge in [0.2, 0.25) is 0 Å². The third-order valence-electron chi connectivity index (χ3n) is 3.01. The molecule has 0 radical (unpaired) electrons. The van der Waals surface area contributed by atoms with Crippen LogP contribution in [-0.2, 0) is 17.8 Å². The van der Waals surface area contributed by atoms with Gasteiger partial charge in [-0.05, 0) is 23.6 Å². The number of aromatic nitrogens is 3. The van der Waals surface area contributed by atoms with E-state index in [4.69, 9.17) is 5.11 Å². The lowest BCUT2D eigenvalue weighted by molar-refractivity contribution is -0.136. The molecule has 1 aromatic carbocycles. The normalized spacial score (nSPS) is 11.0. The zero-order valence-electron chi connectivity index (χ0n) is 11.4. The Morgan fingerprint density at radius 2 is 1.95 bits per heavy atom. The summed E-state index contributed by atoms with van der Waals surface area (Å²) in [6, 6.07) is 7.13. The second kappa shape index (κ2) is 5.83. The first-order chi connectivity index (χ1) is 9.52. The Labute approximate surface area is 116 Å². The van der Waals surface area contributed by atoms with E-state index in [0.717, 1.165) is 16.9 Å². The molecule has 0 fully saturated rings. The number of hydrogen-bond donors (Lipinski definition) is 2. The molecule has 0 atom stereocenters. The number of carboxylic acid groups (broad SMARTS) is 1. The van der Waals surface area contributed by atoms with E-state index in [1.807, 2.05) is 13.8 Å². The van der Waals surface area contributed by atoms with E-state index >= 15 is 0 Å². The minimum absolute atomic E-state index is 0.00341. The van der Waals surface area contributed by atoms with Crippen molar-refractivity contribution in [2.24, 2.45) is 0 Å². The highest BCUT2D eigenvalue weighted by Gasteiger charge is 2.16. The Kier molecular flexibility index (Phi) is 4.14. The van der Waals surface area contributed by atoms with Gasteiger partial charge >= 0.3 is 5.97 Å². The molecule has 1 aromatic heterocycles. The molecule has 0 aliphatic heterocycles. The van der Waals surface area contributed by atoms with E-state index in [9.17, 15) is 9.90 Å². The van der Waals surface area contributed by atoms with Crippen LogP contribution in [-0.4, -0.2) is 31.2 Å². The molecule has 1 heterocycles. The fourth-order valence-corrected chi connectivity index (χ4v) is 2.13. The average molecular weight is 275 g/mol. The molecule has 0 unspecified atom stereocenters. The zero-order chi connectivity index (χ0) is 14.7. The monoisotopic (exact) mass is 275 g/mol. The molecule has 2 rings (SSSR count). The van der Waals surface area contributed by atoms with Crippen LogP contribution >= 0.6 is 0 Å². The van der Waals surface area contributed by atoms with E-state index < -0.39 is 5.97 Å². The average Bonchev–Trinajstić information content (AvgIpc) is 2.82. The SMILES string of the molecule is CC(C)c1c(CO)nnn1-c1ccc(CC(=O)O)cc1. The first-order valence-electron chi connectivity index (χ1n) is 6.39. The van der Waals surface area contributed by atoms with Crippen LogP contribution < -0.4 is 0 Å². The van der Waals surface area contributed by atoms with Crippen LogP contribution in [0, 0.1) is 0 Å². The lowest BCUT2D eigenvalue weighted by atomic mass is 10.1. The zero-order valence-corrected chi connectivity index (χ0v) is 11.4. The maximum absolute atomic E-state index is 10.7. The summed E-state index contributed by atoms with van der Waals surface area (Å²) < 4.78 is 1.68. The van der Waals surface area contributed by atoms with Crippen molar-refractivity contribution in [1.82, 2.24) is 15.0 Å². The van der Waals surface area contributed by atoms with E-state index in [2.05, 4.69) is 10.3 Å². The molecule has 2 N–H and O–H groups in total. The summed E-state index contributed by atoms with van der Waals surface area (Å²) in [5.74, 6) is -0.685. The molecule has 106 valence electrons. The number of aliphatic carboxylic acids is 1. The van der Waals surface area contributed by atoms with Gasteiger partial charge in [0.05, 0.1) is 24.4 Å². The summed E-state index contributed by atoms with van der Waals surface area (Å²) in [6.45, 7) is 3.87. The van der Waals surface area contributed by atoms with Crippen LogP contribution in [0.15, 0.2) is 24.3 Å². The van der Waals surface area contributed by atoms with Gasteiger partial charge in [-0.3, -0.25) is 4.79 Å². The van der Waals surface area contributed by atoms with E-state index in [1.54, 1.807) is 28.9 Å². The van der Waals surface area contributed by atoms with E-state index in [-0.39, 0.29) is 18.9 Å². The first kappa shape index (κ1) is 14.2. The molecule has 0 saturated heterocycles. The summed E-state index contributed by atoms with van der Waals surface area (Å²) in [4.78, 5) is 10.7. The number of aliphatic hydroxyl groups excluding tert-OH is 1. The van der Waals surface area contributed by atoms with Crippen molar-refractivity contribution in [3.63, 3.8) is 0 Å². The van der Waals surface area contributed by atoms with Crippen molar-refractivity contribution in [1.29, 1.82) is 0 Å². The standard InChI is InChI=1S/C14H17N3O3/c1-9(2)14-12(8-18)15-16-17(14)11-5-3-10(4-6-11)7-13(19)20/h3-6,9,18H,7-8H2,1-2H3,(H,19,20). The van der Waals surface area contributed by atoms with Crippen LogP contribution in [0.25, 0.3) is 5.69 Å². The van der Waals surface area contributed by atoms with Crippen molar-refractivity contribution < 1.29 is 15.0 Å². The van der Waals surface area contributed by atoms with Crippen molar-refractivity contribution in [3.8, 4) is 5.69 Å². The molecule has 6 heteroatoms. The summed E-state index contributed by atoms with van der Waals surface area (Å²) >= 11 is 0. The maximum atomic E-state index is 10.7. The summed E-state index contributed by atoms with van der Waals surface area (Å²) in [6.07, 6.45) is -0.00341. The molecule has 0 spiro atoms. The number of rotatable bonds is 5. The van der Waals surface area contributed by atoms with Crippen LogP contribution in [0.4, 0.5) is 0 Å². The molecule has 6 nitrogen and oxygen atoms in total. The van der Waals surface area contributed by atoms with Gasteiger partial charge in [0.1, 0.15) is 5.69 Å². The van der Waals surface area contributed by atoms with E-state index in [1.165, 1.54) is 0 Å². The highest BCUT2D eigenvalue weighted by molar-refractivity contribution is 5.70. The Hall–Kier alpha value is -2.21. The minimum atomic E-state index is -0.857. The molecule has 0 aliphatic carbocycles. The molecule has 20 heavy (non-hydrogen) atoms. The first-order valence-corrected chi connectivity index (χ1v) is 6.39. The molecule has 0 bridgehead atoms. The second-order valence-corrected chi connectivity index (χ2v) is 4.88. The number of carbonyl (C=O) groups is 1. The molecular weight excluding hydrogens is 258 g/mol. The van der Waals surface area contributed by atoms with Crippen LogP contribution in [0.2, 0.25) is 0 Å². The molecule has 0 amide bonds. The molecular formula is C14H17N3O3. The summed E-state index contributed by atoms with van der Waals surface area (Å²) in [5.41, 5.74) is 2.96. The van der Waals surface area contributed by atoms with Gasteiger partial charge in [-0.1, -0.05) is 31.2 Å². The molecule has 0 saturated carbocycles. The Balaban J connectivity index is 2.36. The highest BCUT2D eigenvalue weighted by Crippen LogP contribution is 2.21. The smallest absolute Gasteiger partial charge is 0.307 e. The number of hydrogen-bond acceptors (Lipinski definition) is 4.